The Bertz CT molecular complexity index is 2010. The van der Waals surface area contributed by atoms with Crippen LogP contribution in [0.3, 0.4) is 0 Å². The standard InChI is InChI=1S/C36H38N8O3S2/c1-25(2)44-16-12-26(13-17-44)10-14-38-22-30-18-28(11-15-39-30)32-20-33(27-6-4-3-5-7-27)40-23-35(32)47-34-9-8-31(19-29(34)21-37)49(45,46)43-36-41-24-42-48-36/h3-9,11,15,18-20,23-26,38H,10,12-14,16-17,22H2,1-2H3,(H,41,42,43). The van der Waals surface area contributed by atoms with Crippen molar-refractivity contribution in [1.29, 1.82) is 5.26 Å². The molecule has 1 saturated heterocycles. The molecular formula is C36H38N8O3S2. The molecule has 3 aromatic heterocycles. The highest BCUT2D eigenvalue weighted by Gasteiger charge is 2.22. The Balaban J connectivity index is 1.22. The van der Waals surface area contributed by atoms with Crippen LogP contribution >= 0.6 is 11.5 Å². The smallest absolute Gasteiger partial charge is 0.263 e. The molecule has 49 heavy (non-hydrogen) atoms. The number of ether oxygens (including phenoxy) is 1. The fraction of sp³-hybridized carbons (Fsp3) is 0.306. The van der Waals surface area contributed by atoms with E-state index >= 15 is 0 Å². The number of aromatic nitrogens is 4. The molecule has 2 N–H and O–H groups in total. The van der Waals surface area contributed by atoms with Crippen molar-refractivity contribution in [1.82, 2.24) is 29.5 Å². The Morgan fingerprint density at radius 1 is 1.00 bits per heavy atom. The molecule has 0 spiro atoms. The lowest BCUT2D eigenvalue weighted by molar-refractivity contribution is 0.145. The Hall–Kier alpha value is -4.74. The van der Waals surface area contributed by atoms with Crippen LogP contribution in [-0.4, -0.2) is 58.3 Å². The minimum Gasteiger partial charge on any atom is -0.454 e. The zero-order chi connectivity index (χ0) is 34.2. The predicted molar refractivity (Wildman–Crippen MR) is 191 cm³/mol. The van der Waals surface area contributed by atoms with Crippen molar-refractivity contribution in [2.75, 3.05) is 24.4 Å². The molecule has 2 aromatic carbocycles. The number of benzene rings is 2. The highest BCUT2D eigenvalue weighted by molar-refractivity contribution is 7.93. The van der Waals surface area contributed by atoms with E-state index in [1.807, 2.05) is 48.5 Å². The van der Waals surface area contributed by atoms with E-state index in [9.17, 15) is 13.7 Å². The van der Waals surface area contributed by atoms with E-state index in [-0.39, 0.29) is 21.3 Å². The predicted octanol–water partition coefficient (Wildman–Crippen LogP) is 6.73. The first-order valence-electron chi connectivity index (χ1n) is 16.3. The van der Waals surface area contributed by atoms with E-state index in [1.165, 1.54) is 50.5 Å². The van der Waals surface area contributed by atoms with Crippen LogP contribution < -0.4 is 14.8 Å². The molecule has 13 heteroatoms. The summed E-state index contributed by atoms with van der Waals surface area (Å²) in [7, 11) is -4.00. The second-order valence-electron chi connectivity index (χ2n) is 12.2. The largest absolute Gasteiger partial charge is 0.454 e. The molecule has 0 unspecified atom stereocenters. The molecule has 0 bridgehead atoms. The first-order valence-corrected chi connectivity index (χ1v) is 18.5. The molecule has 1 fully saturated rings. The number of sulfonamides is 1. The van der Waals surface area contributed by atoms with Gasteiger partial charge in [-0.2, -0.15) is 9.64 Å². The van der Waals surface area contributed by atoms with E-state index in [1.54, 1.807) is 12.4 Å². The number of likely N-dealkylation sites (tertiary alicyclic amines) is 1. The number of nitrogens with zero attached hydrogens (tertiary/aromatic N) is 6. The van der Waals surface area contributed by atoms with Crippen LogP contribution in [0.5, 0.6) is 11.5 Å². The molecule has 252 valence electrons. The highest BCUT2D eigenvalue weighted by Crippen LogP contribution is 2.37. The van der Waals surface area contributed by atoms with E-state index in [2.05, 4.69) is 54.2 Å². The number of hydrogen-bond donors (Lipinski definition) is 2. The van der Waals surface area contributed by atoms with Gasteiger partial charge in [-0.05, 0) is 101 Å². The second-order valence-corrected chi connectivity index (χ2v) is 14.7. The molecule has 11 nitrogen and oxygen atoms in total. The Morgan fingerprint density at radius 2 is 1.82 bits per heavy atom. The zero-order valence-corrected chi connectivity index (χ0v) is 29.0. The first kappa shape index (κ1) is 34.1. The van der Waals surface area contributed by atoms with Gasteiger partial charge in [0.1, 0.15) is 18.1 Å². The molecule has 6 rings (SSSR count). The van der Waals surface area contributed by atoms with Gasteiger partial charge in [0.25, 0.3) is 10.0 Å². The maximum atomic E-state index is 12.9. The molecule has 1 aliphatic rings. The molecule has 0 atom stereocenters. The maximum Gasteiger partial charge on any atom is 0.263 e. The fourth-order valence-electron chi connectivity index (χ4n) is 5.90. The van der Waals surface area contributed by atoms with Crippen LogP contribution in [0.2, 0.25) is 0 Å². The Labute approximate surface area is 291 Å². The van der Waals surface area contributed by atoms with Gasteiger partial charge in [-0.15, -0.1) is 0 Å². The molecule has 5 aromatic rings. The number of hydrogen-bond acceptors (Lipinski definition) is 11. The van der Waals surface area contributed by atoms with Gasteiger partial charge in [0.15, 0.2) is 5.75 Å². The van der Waals surface area contributed by atoms with Gasteiger partial charge in [-0.25, -0.2) is 13.4 Å². The number of anilines is 1. The summed E-state index contributed by atoms with van der Waals surface area (Å²) in [5.74, 6) is 1.36. The average molecular weight is 695 g/mol. The van der Waals surface area contributed by atoms with Crippen molar-refractivity contribution in [3.8, 4) is 40.0 Å². The third-order valence-electron chi connectivity index (χ3n) is 8.66. The van der Waals surface area contributed by atoms with E-state index < -0.39 is 10.0 Å². The summed E-state index contributed by atoms with van der Waals surface area (Å²) >= 11 is 0.913. The molecule has 0 saturated carbocycles. The van der Waals surface area contributed by atoms with Crippen molar-refractivity contribution in [2.24, 2.45) is 5.92 Å². The van der Waals surface area contributed by atoms with Gasteiger partial charge in [-0.3, -0.25) is 14.7 Å². The third-order valence-corrected chi connectivity index (χ3v) is 10.7. The van der Waals surface area contributed by atoms with Gasteiger partial charge >= 0.3 is 0 Å². The summed E-state index contributed by atoms with van der Waals surface area (Å²) in [5.41, 5.74) is 4.28. The lowest BCUT2D eigenvalue weighted by atomic mass is 9.93. The van der Waals surface area contributed by atoms with Crippen LogP contribution in [0.15, 0.2) is 90.3 Å². The van der Waals surface area contributed by atoms with Crippen LogP contribution in [0.25, 0.3) is 22.4 Å². The molecular weight excluding hydrogens is 657 g/mol. The Kier molecular flexibility index (Phi) is 10.9. The van der Waals surface area contributed by atoms with Crippen molar-refractivity contribution >= 4 is 26.7 Å². The summed E-state index contributed by atoms with van der Waals surface area (Å²) in [6.45, 7) is 8.45. The summed E-state index contributed by atoms with van der Waals surface area (Å²) in [5, 5.41) is 13.7. The number of rotatable bonds is 13. The molecule has 4 heterocycles. The van der Waals surface area contributed by atoms with Crippen LogP contribution in [0, 0.1) is 17.2 Å². The molecule has 0 radical (unpaired) electrons. The summed E-state index contributed by atoms with van der Waals surface area (Å²) in [6, 6.07) is 22.6. The number of nitrogens with one attached hydrogen (secondary N) is 2. The Morgan fingerprint density at radius 3 is 2.55 bits per heavy atom. The quantitative estimate of drug-likeness (QED) is 0.127. The molecule has 0 aliphatic carbocycles. The van der Waals surface area contributed by atoms with Crippen LogP contribution in [-0.2, 0) is 16.6 Å². The van der Waals surface area contributed by atoms with Crippen molar-refractivity contribution < 1.29 is 13.2 Å². The van der Waals surface area contributed by atoms with Gasteiger partial charge in [-0.1, -0.05) is 30.3 Å². The zero-order valence-electron chi connectivity index (χ0n) is 27.4. The summed E-state index contributed by atoms with van der Waals surface area (Å²) < 4.78 is 38.4. The SMILES string of the molecule is CC(C)N1CCC(CCNCc2cc(-c3cc(-c4ccccc4)ncc3Oc3ccc(S(=O)(=O)Nc4ncns4)cc3C#N)ccn2)CC1. The summed E-state index contributed by atoms with van der Waals surface area (Å²) in [6.07, 6.45) is 8.31. The topological polar surface area (TPSA) is 146 Å². The van der Waals surface area contributed by atoms with Crippen molar-refractivity contribution in [3.05, 3.63) is 96.7 Å². The van der Waals surface area contributed by atoms with Gasteiger partial charge in [0.05, 0.1) is 28.0 Å². The minimum atomic E-state index is -4.00. The normalized spacial score (nSPS) is 14.1. The fourth-order valence-corrected chi connectivity index (χ4v) is 7.59. The number of piperidine rings is 1. The molecule has 1 aliphatic heterocycles. The second kappa shape index (κ2) is 15.7. The average Bonchev–Trinajstić information content (AvgIpc) is 3.63. The van der Waals surface area contributed by atoms with Crippen LogP contribution in [0.4, 0.5) is 5.13 Å². The van der Waals surface area contributed by atoms with E-state index in [4.69, 9.17) is 4.74 Å². The monoisotopic (exact) mass is 694 g/mol. The van der Waals surface area contributed by atoms with Crippen molar-refractivity contribution in [3.63, 3.8) is 0 Å². The number of nitriles is 1. The molecule has 0 amide bonds. The van der Waals surface area contributed by atoms with E-state index in [0.29, 0.717) is 18.3 Å². The van der Waals surface area contributed by atoms with Gasteiger partial charge in [0, 0.05) is 41.4 Å². The number of pyridine rings is 2. The third kappa shape index (κ3) is 8.65. The van der Waals surface area contributed by atoms with Crippen LogP contribution in [0.1, 0.15) is 44.4 Å². The first-order chi connectivity index (χ1) is 23.8. The lowest BCUT2D eigenvalue weighted by Crippen LogP contribution is -2.39. The maximum absolute atomic E-state index is 12.9. The van der Waals surface area contributed by atoms with Gasteiger partial charge < -0.3 is 15.0 Å². The summed E-state index contributed by atoms with van der Waals surface area (Å²) in [4.78, 5) is 15.6. The van der Waals surface area contributed by atoms with Crippen molar-refractivity contribution in [2.45, 2.75) is 50.6 Å². The highest BCUT2D eigenvalue weighted by atomic mass is 32.2. The van der Waals surface area contributed by atoms with E-state index in [0.717, 1.165) is 58.5 Å². The minimum absolute atomic E-state index is 0.0488. The van der Waals surface area contributed by atoms with Gasteiger partial charge in [0.2, 0.25) is 5.13 Å². The lowest BCUT2D eigenvalue weighted by Gasteiger charge is -2.34.